The molecule has 2 heterocycles. The number of carbonyl (C=O) groups is 1. The van der Waals surface area contributed by atoms with Crippen LogP contribution in [-0.2, 0) is 14.6 Å². The van der Waals surface area contributed by atoms with E-state index in [2.05, 4.69) is 20.2 Å². The van der Waals surface area contributed by atoms with E-state index in [1.165, 1.54) is 18.5 Å². The van der Waals surface area contributed by atoms with Crippen molar-refractivity contribution in [1.82, 2.24) is 14.9 Å². The van der Waals surface area contributed by atoms with Gasteiger partial charge in [0.15, 0.2) is 21.4 Å². The van der Waals surface area contributed by atoms with E-state index in [-0.39, 0.29) is 28.5 Å². The van der Waals surface area contributed by atoms with Crippen LogP contribution in [0.4, 0.5) is 10.1 Å². The van der Waals surface area contributed by atoms with Crippen LogP contribution in [0.1, 0.15) is 18.4 Å². The number of likely N-dealkylation sites (tertiary alicyclic amines) is 1. The standard InChI is InChI=1S/C25H27FN4O5S/c1-17-24(27-16-28-25(17)35-22-9-8-20(14-21(22)26)36(2,32)33)34-19-10-12-30(13-11-19)15-23(31)29-18-6-4-3-5-7-18/h3-9,14,16,19H,10-13,15H2,1-2H3,(H,29,31). The monoisotopic (exact) mass is 514 g/mol. The van der Waals surface area contributed by atoms with Crippen LogP contribution in [0.15, 0.2) is 59.8 Å². The highest BCUT2D eigenvalue weighted by atomic mass is 32.2. The number of aromatic nitrogens is 2. The molecule has 1 aliphatic rings. The number of sulfone groups is 1. The summed E-state index contributed by atoms with van der Waals surface area (Å²) >= 11 is 0. The van der Waals surface area contributed by atoms with E-state index in [1.807, 2.05) is 30.3 Å². The summed E-state index contributed by atoms with van der Waals surface area (Å²) < 4.78 is 49.3. The number of para-hydroxylation sites is 1. The Balaban J connectivity index is 1.33. The molecule has 1 fully saturated rings. The average Bonchev–Trinajstić information content (AvgIpc) is 2.84. The summed E-state index contributed by atoms with van der Waals surface area (Å²) in [5.74, 6) is -0.598. The molecule has 0 spiro atoms. The molecule has 4 rings (SSSR count). The molecule has 1 amide bonds. The number of rotatable bonds is 8. The first-order valence-electron chi connectivity index (χ1n) is 11.4. The minimum Gasteiger partial charge on any atom is -0.474 e. The van der Waals surface area contributed by atoms with Crippen LogP contribution in [0.3, 0.4) is 0 Å². The first kappa shape index (κ1) is 25.5. The molecular formula is C25H27FN4O5S. The maximum absolute atomic E-state index is 14.4. The zero-order chi connectivity index (χ0) is 25.7. The second-order valence-electron chi connectivity index (χ2n) is 8.58. The lowest BCUT2D eigenvalue weighted by molar-refractivity contribution is -0.117. The highest BCUT2D eigenvalue weighted by Gasteiger charge is 2.24. The third-order valence-corrected chi connectivity index (χ3v) is 6.88. The number of amides is 1. The summed E-state index contributed by atoms with van der Waals surface area (Å²) in [6, 6.07) is 12.8. The zero-order valence-electron chi connectivity index (χ0n) is 20.0. The van der Waals surface area contributed by atoms with Crippen molar-refractivity contribution in [3.63, 3.8) is 0 Å². The predicted octanol–water partition coefficient (Wildman–Crippen LogP) is 3.60. The van der Waals surface area contributed by atoms with Crippen molar-refractivity contribution < 1.29 is 27.1 Å². The Hall–Kier alpha value is -3.57. The Labute approximate surface area is 209 Å². The molecule has 0 atom stereocenters. The molecule has 9 nitrogen and oxygen atoms in total. The van der Waals surface area contributed by atoms with Crippen LogP contribution < -0.4 is 14.8 Å². The van der Waals surface area contributed by atoms with E-state index in [4.69, 9.17) is 9.47 Å². The number of piperidine rings is 1. The van der Waals surface area contributed by atoms with E-state index in [0.29, 0.717) is 43.9 Å². The number of halogens is 1. The van der Waals surface area contributed by atoms with Gasteiger partial charge in [0.25, 0.3) is 0 Å². The first-order chi connectivity index (χ1) is 17.2. The summed E-state index contributed by atoms with van der Waals surface area (Å²) in [4.78, 5) is 22.5. The lowest BCUT2D eigenvalue weighted by Crippen LogP contribution is -2.42. The van der Waals surface area contributed by atoms with Crippen molar-refractivity contribution in [3.05, 3.63) is 66.2 Å². The SMILES string of the molecule is Cc1c(Oc2ccc(S(C)(=O)=O)cc2F)ncnc1OC1CCN(CC(=O)Nc2ccccc2)CC1. The second kappa shape index (κ2) is 11.0. The molecule has 1 N–H and O–H groups in total. The fraction of sp³-hybridized carbons (Fsp3) is 0.320. The zero-order valence-corrected chi connectivity index (χ0v) is 20.8. The van der Waals surface area contributed by atoms with Crippen LogP contribution in [0, 0.1) is 12.7 Å². The molecule has 3 aromatic rings. The Bertz CT molecular complexity index is 1330. The van der Waals surface area contributed by atoms with Gasteiger partial charge in [0.2, 0.25) is 17.7 Å². The summed E-state index contributed by atoms with van der Waals surface area (Å²) in [5, 5.41) is 2.89. The Morgan fingerprint density at radius 2 is 1.81 bits per heavy atom. The largest absolute Gasteiger partial charge is 0.474 e. The van der Waals surface area contributed by atoms with Gasteiger partial charge >= 0.3 is 0 Å². The molecule has 1 saturated heterocycles. The Morgan fingerprint density at radius 3 is 2.47 bits per heavy atom. The van der Waals surface area contributed by atoms with Crippen LogP contribution in [0.2, 0.25) is 0 Å². The first-order valence-corrected chi connectivity index (χ1v) is 13.3. The fourth-order valence-electron chi connectivity index (χ4n) is 3.81. The van der Waals surface area contributed by atoms with E-state index >= 15 is 0 Å². The fourth-order valence-corrected chi connectivity index (χ4v) is 4.44. The van der Waals surface area contributed by atoms with E-state index in [0.717, 1.165) is 18.0 Å². The van der Waals surface area contributed by atoms with E-state index in [1.54, 1.807) is 6.92 Å². The lowest BCUT2D eigenvalue weighted by atomic mass is 10.1. The number of benzene rings is 2. The molecule has 0 unspecified atom stereocenters. The predicted molar refractivity (Wildman–Crippen MR) is 132 cm³/mol. The molecule has 36 heavy (non-hydrogen) atoms. The smallest absolute Gasteiger partial charge is 0.238 e. The minimum atomic E-state index is -3.54. The molecule has 0 aliphatic carbocycles. The molecule has 0 bridgehead atoms. The number of hydrogen-bond donors (Lipinski definition) is 1. The van der Waals surface area contributed by atoms with Crippen molar-refractivity contribution in [1.29, 1.82) is 0 Å². The number of carbonyl (C=O) groups excluding carboxylic acids is 1. The molecular weight excluding hydrogens is 487 g/mol. The molecule has 11 heteroatoms. The third-order valence-electron chi connectivity index (χ3n) is 5.77. The van der Waals surface area contributed by atoms with Crippen molar-refractivity contribution in [3.8, 4) is 17.5 Å². The third kappa shape index (κ3) is 6.55. The summed E-state index contributed by atoms with van der Waals surface area (Å²) in [6.45, 7) is 3.39. The van der Waals surface area contributed by atoms with Gasteiger partial charge < -0.3 is 14.8 Å². The van der Waals surface area contributed by atoms with Crippen LogP contribution in [0.5, 0.6) is 17.5 Å². The second-order valence-corrected chi connectivity index (χ2v) is 10.6. The normalized spacial score (nSPS) is 14.9. The maximum atomic E-state index is 14.4. The molecule has 1 aliphatic heterocycles. The Kier molecular flexibility index (Phi) is 7.80. The molecule has 190 valence electrons. The number of nitrogens with zero attached hydrogens (tertiary/aromatic N) is 3. The van der Waals surface area contributed by atoms with Gasteiger partial charge in [-0.1, -0.05) is 18.2 Å². The van der Waals surface area contributed by atoms with Gasteiger partial charge in [-0.3, -0.25) is 9.69 Å². The van der Waals surface area contributed by atoms with E-state index in [9.17, 15) is 17.6 Å². The van der Waals surface area contributed by atoms with Crippen molar-refractivity contribution in [2.75, 3.05) is 31.2 Å². The van der Waals surface area contributed by atoms with Crippen LogP contribution in [0.25, 0.3) is 0 Å². The number of hydrogen-bond acceptors (Lipinski definition) is 8. The highest BCUT2D eigenvalue weighted by Crippen LogP contribution is 2.31. The van der Waals surface area contributed by atoms with Gasteiger partial charge in [-0.05, 0) is 50.1 Å². The number of nitrogens with one attached hydrogen (secondary N) is 1. The summed E-state index contributed by atoms with van der Waals surface area (Å²) in [7, 11) is -3.54. The van der Waals surface area contributed by atoms with Crippen LogP contribution >= 0.6 is 0 Å². The lowest BCUT2D eigenvalue weighted by Gasteiger charge is -2.31. The van der Waals surface area contributed by atoms with Gasteiger partial charge in [0.05, 0.1) is 17.0 Å². The average molecular weight is 515 g/mol. The quantitative estimate of drug-likeness (QED) is 0.486. The van der Waals surface area contributed by atoms with Crippen molar-refractivity contribution in [2.24, 2.45) is 0 Å². The molecule has 0 saturated carbocycles. The summed E-state index contributed by atoms with van der Waals surface area (Å²) in [6.07, 6.45) is 3.58. The molecule has 1 aromatic heterocycles. The minimum absolute atomic E-state index is 0.0641. The van der Waals surface area contributed by atoms with Gasteiger partial charge in [0.1, 0.15) is 12.4 Å². The van der Waals surface area contributed by atoms with E-state index < -0.39 is 15.7 Å². The molecule has 0 radical (unpaired) electrons. The molecule has 2 aromatic carbocycles. The topological polar surface area (TPSA) is 111 Å². The van der Waals surface area contributed by atoms with Crippen LogP contribution in [-0.4, -0.2) is 61.2 Å². The number of ether oxygens (including phenoxy) is 2. The Morgan fingerprint density at radius 1 is 1.11 bits per heavy atom. The maximum Gasteiger partial charge on any atom is 0.238 e. The van der Waals surface area contributed by atoms with Gasteiger partial charge in [-0.25, -0.2) is 22.8 Å². The van der Waals surface area contributed by atoms with Gasteiger partial charge in [-0.2, -0.15) is 0 Å². The van der Waals surface area contributed by atoms with Crippen molar-refractivity contribution >= 4 is 21.4 Å². The highest BCUT2D eigenvalue weighted by molar-refractivity contribution is 7.90. The van der Waals surface area contributed by atoms with Crippen molar-refractivity contribution in [2.45, 2.75) is 30.8 Å². The van der Waals surface area contributed by atoms with Gasteiger partial charge in [-0.15, -0.1) is 0 Å². The van der Waals surface area contributed by atoms with Gasteiger partial charge in [0, 0.05) is 25.0 Å². The summed E-state index contributed by atoms with van der Waals surface area (Å²) in [5.41, 5.74) is 1.26. The number of anilines is 1.